The summed E-state index contributed by atoms with van der Waals surface area (Å²) in [5.41, 5.74) is 4.41. The number of piperidine rings is 1. The van der Waals surface area contributed by atoms with E-state index in [2.05, 4.69) is 11.1 Å². The number of halogens is 1. The molecular formula is C26H31ClN4O4. The number of fused-ring (bicyclic) bond motifs is 4. The van der Waals surface area contributed by atoms with Crippen LogP contribution in [0.2, 0.25) is 5.15 Å². The molecule has 9 heteroatoms. The Morgan fingerprint density at radius 2 is 1.91 bits per heavy atom. The van der Waals surface area contributed by atoms with Gasteiger partial charge in [0.2, 0.25) is 0 Å². The van der Waals surface area contributed by atoms with Crippen LogP contribution in [0.4, 0.5) is 21.0 Å². The molecule has 0 bridgehead atoms. The second kappa shape index (κ2) is 8.68. The fourth-order valence-corrected chi connectivity index (χ4v) is 5.61. The Labute approximate surface area is 210 Å². The highest BCUT2D eigenvalue weighted by molar-refractivity contribution is 6.29. The van der Waals surface area contributed by atoms with Crippen molar-refractivity contribution in [2.24, 2.45) is 0 Å². The summed E-state index contributed by atoms with van der Waals surface area (Å²) < 4.78 is 11.4. The summed E-state index contributed by atoms with van der Waals surface area (Å²) in [5, 5.41) is 0.338. The van der Waals surface area contributed by atoms with Crippen LogP contribution in [0.5, 0.6) is 0 Å². The van der Waals surface area contributed by atoms with Gasteiger partial charge < -0.3 is 14.4 Å². The van der Waals surface area contributed by atoms with Gasteiger partial charge in [-0.25, -0.2) is 14.6 Å². The summed E-state index contributed by atoms with van der Waals surface area (Å²) in [7, 11) is 1.75. The van der Waals surface area contributed by atoms with Crippen LogP contribution in [0.1, 0.15) is 50.3 Å². The number of nitrogens with zero attached hydrogens (tertiary/aromatic N) is 4. The van der Waals surface area contributed by atoms with E-state index in [1.165, 1.54) is 16.7 Å². The number of likely N-dealkylation sites (tertiary alicyclic amines) is 1. The van der Waals surface area contributed by atoms with Crippen LogP contribution in [0.3, 0.4) is 0 Å². The number of amides is 3. The second-order valence-electron chi connectivity index (χ2n) is 10.6. The van der Waals surface area contributed by atoms with E-state index in [-0.39, 0.29) is 17.5 Å². The Kier molecular flexibility index (Phi) is 5.92. The first-order valence-electron chi connectivity index (χ1n) is 12.0. The molecule has 1 spiro atoms. The van der Waals surface area contributed by atoms with Crippen molar-refractivity contribution >= 4 is 35.1 Å². The number of hydrogen-bond donors (Lipinski definition) is 0. The summed E-state index contributed by atoms with van der Waals surface area (Å²) in [6.07, 6.45) is 2.82. The number of carbonyl (C=O) groups is 2. The molecule has 1 aromatic carbocycles. The molecule has 0 saturated carbocycles. The maximum absolute atomic E-state index is 13.7. The first kappa shape index (κ1) is 23.9. The third-order valence-corrected chi connectivity index (χ3v) is 7.37. The van der Waals surface area contributed by atoms with Gasteiger partial charge in [0.15, 0.2) is 0 Å². The lowest BCUT2D eigenvalue weighted by Gasteiger charge is -2.40. The van der Waals surface area contributed by atoms with Gasteiger partial charge in [-0.05, 0) is 68.5 Å². The van der Waals surface area contributed by atoms with Crippen molar-refractivity contribution in [3.05, 3.63) is 52.3 Å². The molecule has 186 valence electrons. The molecule has 0 N–H and O–H groups in total. The molecule has 0 unspecified atom stereocenters. The first-order chi connectivity index (χ1) is 16.6. The molecule has 3 aliphatic rings. The van der Waals surface area contributed by atoms with Gasteiger partial charge in [0, 0.05) is 49.7 Å². The molecule has 2 aromatic rings. The van der Waals surface area contributed by atoms with Gasteiger partial charge >= 0.3 is 12.1 Å². The van der Waals surface area contributed by atoms with Crippen molar-refractivity contribution in [3.63, 3.8) is 0 Å². The molecule has 1 fully saturated rings. The van der Waals surface area contributed by atoms with Crippen LogP contribution >= 0.6 is 11.6 Å². The Morgan fingerprint density at radius 1 is 1.17 bits per heavy atom. The predicted molar refractivity (Wildman–Crippen MR) is 134 cm³/mol. The average molecular weight is 499 g/mol. The molecule has 0 aliphatic carbocycles. The number of ether oxygens (including phenoxy) is 2. The first-order valence-corrected chi connectivity index (χ1v) is 12.3. The van der Waals surface area contributed by atoms with E-state index in [9.17, 15) is 9.59 Å². The Bertz CT molecular complexity index is 1170. The minimum atomic E-state index is -0.534. The highest BCUT2D eigenvalue weighted by atomic mass is 35.5. The number of aromatic nitrogens is 1. The molecule has 8 nitrogen and oxygen atoms in total. The topological polar surface area (TPSA) is 75.2 Å². The zero-order valence-electron chi connectivity index (χ0n) is 20.6. The Morgan fingerprint density at radius 3 is 2.60 bits per heavy atom. The minimum absolute atomic E-state index is 0.126. The largest absolute Gasteiger partial charge is 0.444 e. The van der Waals surface area contributed by atoms with Crippen LogP contribution in [0.25, 0.3) is 0 Å². The van der Waals surface area contributed by atoms with Crippen molar-refractivity contribution in [1.82, 2.24) is 9.88 Å². The van der Waals surface area contributed by atoms with E-state index in [0.717, 1.165) is 18.5 Å². The second-order valence-corrected chi connectivity index (χ2v) is 11.0. The number of pyridine rings is 1. The van der Waals surface area contributed by atoms with Crippen LogP contribution < -0.4 is 9.80 Å². The average Bonchev–Trinajstić information content (AvgIpc) is 3.40. The Balaban J connectivity index is 1.45. The fourth-order valence-electron chi connectivity index (χ4n) is 5.44. The molecule has 1 saturated heterocycles. The minimum Gasteiger partial charge on any atom is -0.444 e. The number of hydrogen-bond acceptors (Lipinski definition) is 5. The van der Waals surface area contributed by atoms with E-state index in [4.69, 9.17) is 21.1 Å². The number of urea groups is 1. The van der Waals surface area contributed by atoms with E-state index in [1.54, 1.807) is 35.2 Å². The molecule has 3 aliphatic heterocycles. The van der Waals surface area contributed by atoms with Crippen molar-refractivity contribution in [2.45, 2.75) is 57.8 Å². The normalized spacial score (nSPS) is 18.4. The molecule has 35 heavy (non-hydrogen) atoms. The highest BCUT2D eigenvalue weighted by Gasteiger charge is 2.50. The van der Waals surface area contributed by atoms with Crippen molar-refractivity contribution in [3.8, 4) is 0 Å². The van der Waals surface area contributed by atoms with Crippen molar-refractivity contribution in [1.29, 1.82) is 0 Å². The number of rotatable bonds is 1. The fraction of sp³-hybridized carbons (Fsp3) is 0.500. The third kappa shape index (κ3) is 4.34. The highest BCUT2D eigenvalue weighted by Crippen LogP contribution is 2.51. The monoisotopic (exact) mass is 498 g/mol. The molecule has 3 amide bonds. The van der Waals surface area contributed by atoms with Gasteiger partial charge in [-0.15, -0.1) is 0 Å². The van der Waals surface area contributed by atoms with Crippen molar-refractivity contribution < 1.29 is 19.1 Å². The predicted octanol–water partition coefficient (Wildman–Crippen LogP) is 5.11. The van der Waals surface area contributed by atoms with E-state index >= 15 is 0 Å². The maximum atomic E-state index is 13.7. The standard InChI is InChI=1S/C26H31ClN4O4/c1-25(2,3)35-24(33)30-11-8-26(9-12-30)16-31(20-6-5-17-14-34-15-19(17)22(20)26)23(32)29(4)18-7-10-28-21(27)13-18/h5-7,10,13H,8-9,11-12,14-16H2,1-4H3. The molecule has 0 radical (unpaired) electrons. The summed E-state index contributed by atoms with van der Waals surface area (Å²) in [5.74, 6) is 0. The van der Waals surface area contributed by atoms with Crippen LogP contribution in [0, 0.1) is 0 Å². The number of carbonyl (C=O) groups excluding carboxylic acids is 2. The van der Waals surface area contributed by atoms with E-state index < -0.39 is 5.60 Å². The van der Waals surface area contributed by atoms with Gasteiger partial charge in [0.05, 0.1) is 13.2 Å². The van der Waals surface area contributed by atoms with Crippen LogP contribution in [-0.4, -0.2) is 54.3 Å². The lowest BCUT2D eigenvalue weighted by atomic mass is 9.72. The molecular weight excluding hydrogens is 468 g/mol. The number of anilines is 2. The summed E-state index contributed by atoms with van der Waals surface area (Å²) >= 11 is 6.08. The van der Waals surface area contributed by atoms with Gasteiger partial charge in [0.1, 0.15) is 10.8 Å². The quantitative estimate of drug-likeness (QED) is 0.511. The zero-order chi connectivity index (χ0) is 25.0. The molecule has 4 heterocycles. The SMILES string of the molecule is CN(C(=O)N1CC2(CCN(C(=O)OC(C)(C)C)CC2)c2c1ccc1c2COC1)c1ccnc(Cl)c1. The van der Waals surface area contributed by atoms with Gasteiger partial charge in [-0.3, -0.25) is 9.80 Å². The van der Waals surface area contributed by atoms with Crippen molar-refractivity contribution in [2.75, 3.05) is 36.5 Å². The smallest absolute Gasteiger partial charge is 0.410 e. The zero-order valence-corrected chi connectivity index (χ0v) is 21.4. The summed E-state index contributed by atoms with van der Waals surface area (Å²) in [6.45, 7) is 8.49. The Hall–Kier alpha value is -2.84. The van der Waals surface area contributed by atoms with Crippen LogP contribution in [-0.2, 0) is 28.1 Å². The van der Waals surface area contributed by atoms with Crippen LogP contribution in [0.15, 0.2) is 30.5 Å². The third-order valence-electron chi connectivity index (χ3n) is 7.16. The number of benzene rings is 1. The lowest BCUT2D eigenvalue weighted by molar-refractivity contribution is 0.0170. The maximum Gasteiger partial charge on any atom is 0.410 e. The van der Waals surface area contributed by atoms with E-state index in [1.807, 2.05) is 31.7 Å². The van der Waals surface area contributed by atoms with E-state index in [0.29, 0.717) is 43.7 Å². The van der Waals surface area contributed by atoms with Gasteiger partial charge in [0.25, 0.3) is 0 Å². The lowest BCUT2D eigenvalue weighted by Crippen LogP contribution is -2.50. The molecule has 0 atom stereocenters. The summed E-state index contributed by atoms with van der Waals surface area (Å²) in [4.78, 5) is 35.7. The summed E-state index contributed by atoms with van der Waals surface area (Å²) in [6, 6.07) is 7.44. The molecule has 1 aromatic heterocycles. The van der Waals surface area contributed by atoms with Gasteiger partial charge in [-0.1, -0.05) is 17.7 Å². The van der Waals surface area contributed by atoms with Gasteiger partial charge in [-0.2, -0.15) is 0 Å². The molecule has 5 rings (SSSR count).